The Morgan fingerprint density at radius 1 is 1.40 bits per heavy atom. The van der Waals surface area contributed by atoms with Gasteiger partial charge in [-0.1, -0.05) is 0 Å². The Labute approximate surface area is 105 Å². The number of hydrogen-bond acceptors (Lipinski definition) is 5. The molecule has 5 nitrogen and oxygen atoms in total. The fourth-order valence-corrected chi connectivity index (χ4v) is 1.20. The molecule has 0 aromatic rings. The van der Waals surface area contributed by atoms with Crippen molar-refractivity contribution in [1.29, 1.82) is 0 Å². The van der Waals surface area contributed by atoms with Crippen LogP contribution in [0.25, 0.3) is 0 Å². The lowest BCUT2D eigenvalue weighted by atomic mass is 10.1. The van der Waals surface area contributed by atoms with Gasteiger partial charge in [0, 0.05) is 0 Å². The molecule has 88 valence electrons. The predicted molar refractivity (Wildman–Crippen MR) is 70.6 cm³/mol. The maximum atomic E-state index is 5.89. The molecule has 15 heavy (non-hydrogen) atoms. The second kappa shape index (κ2) is 6.51. The maximum Gasteiger partial charge on any atom is 0.168 e. The molecule has 0 saturated carbocycles. The molecule has 0 aromatic heterocycles. The van der Waals surface area contributed by atoms with E-state index < -0.39 is 12.0 Å². The third-order valence-electron chi connectivity index (χ3n) is 1.98. The van der Waals surface area contributed by atoms with E-state index in [-0.39, 0.29) is 12.1 Å². The monoisotopic (exact) mass is 327 g/mol. The molecule has 0 aliphatic carbocycles. The summed E-state index contributed by atoms with van der Waals surface area (Å²) >= 11 is 1.79. The highest BCUT2D eigenvalue weighted by molar-refractivity contribution is 14.1. The second-order valence-corrected chi connectivity index (χ2v) is 4.18. The van der Waals surface area contributed by atoms with Crippen molar-refractivity contribution in [2.45, 2.75) is 44.9 Å². The Balaban J connectivity index is 4.49. The molecule has 0 fully saturated rings. The molecular formula is C9H18IN3O2. The lowest BCUT2D eigenvalue weighted by Crippen LogP contribution is -2.46. The van der Waals surface area contributed by atoms with E-state index in [1.54, 1.807) is 36.9 Å². The van der Waals surface area contributed by atoms with Crippen molar-refractivity contribution >= 4 is 36.4 Å². The van der Waals surface area contributed by atoms with Crippen LogP contribution in [0.1, 0.15) is 20.8 Å². The standard InChI is InChI=1S/C9H18IN3O2/c1-6(15-10)7(11)8(12-4)14-9(2,3)13-5/h6-8H,4-5,11H2,1-3H3. The first-order valence-electron chi connectivity index (χ1n) is 4.52. The Bertz CT molecular complexity index is 223. The van der Waals surface area contributed by atoms with Gasteiger partial charge in [-0.15, -0.1) is 0 Å². The van der Waals surface area contributed by atoms with Gasteiger partial charge >= 0.3 is 0 Å². The van der Waals surface area contributed by atoms with E-state index in [1.807, 2.05) is 6.92 Å². The zero-order chi connectivity index (χ0) is 12.1. The summed E-state index contributed by atoms with van der Waals surface area (Å²) in [5, 5.41) is 0. The molecule has 0 aliphatic rings. The molecule has 0 aliphatic heterocycles. The smallest absolute Gasteiger partial charge is 0.168 e. The summed E-state index contributed by atoms with van der Waals surface area (Å²) in [4.78, 5) is 7.64. The van der Waals surface area contributed by atoms with Crippen LogP contribution in [0.5, 0.6) is 0 Å². The summed E-state index contributed by atoms with van der Waals surface area (Å²) in [5.41, 5.74) is 5.17. The molecule has 3 atom stereocenters. The SMILES string of the molecule is C=NC(OC(C)(C)N=C)C(N)C(C)OI. The number of nitrogens with zero attached hydrogens (tertiary/aromatic N) is 2. The summed E-state index contributed by atoms with van der Waals surface area (Å²) < 4.78 is 10.6. The van der Waals surface area contributed by atoms with Crippen LogP contribution in [0.2, 0.25) is 0 Å². The molecular weight excluding hydrogens is 309 g/mol. The number of aliphatic imine (C=N–C) groups is 2. The Hall–Kier alpha value is -0.0500. The molecule has 0 amide bonds. The number of hydrogen-bond donors (Lipinski definition) is 1. The van der Waals surface area contributed by atoms with Crippen molar-refractivity contribution in [3.05, 3.63) is 0 Å². The van der Waals surface area contributed by atoms with Gasteiger partial charge in [0.05, 0.1) is 12.1 Å². The number of halogens is 1. The van der Waals surface area contributed by atoms with Gasteiger partial charge in [-0.05, 0) is 34.2 Å². The Morgan fingerprint density at radius 2 is 1.93 bits per heavy atom. The van der Waals surface area contributed by atoms with Crippen molar-refractivity contribution < 1.29 is 7.80 Å². The van der Waals surface area contributed by atoms with Crippen LogP contribution in [0.3, 0.4) is 0 Å². The Morgan fingerprint density at radius 3 is 2.27 bits per heavy atom. The Kier molecular flexibility index (Phi) is 6.49. The van der Waals surface area contributed by atoms with Crippen LogP contribution < -0.4 is 5.73 Å². The van der Waals surface area contributed by atoms with Gasteiger partial charge in [0.2, 0.25) is 0 Å². The third-order valence-corrected chi connectivity index (χ3v) is 2.78. The zero-order valence-electron chi connectivity index (χ0n) is 9.31. The number of ether oxygens (including phenoxy) is 1. The summed E-state index contributed by atoms with van der Waals surface area (Å²) in [6.07, 6.45) is -0.739. The molecule has 2 N–H and O–H groups in total. The zero-order valence-corrected chi connectivity index (χ0v) is 11.5. The average Bonchev–Trinajstić information content (AvgIpc) is 2.23. The maximum absolute atomic E-state index is 5.89. The average molecular weight is 327 g/mol. The largest absolute Gasteiger partial charge is 0.328 e. The van der Waals surface area contributed by atoms with Gasteiger partial charge in [0.25, 0.3) is 0 Å². The van der Waals surface area contributed by atoms with E-state index in [4.69, 9.17) is 13.5 Å². The minimum Gasteiger partial charge on any atom is -0.328 e. The molecule has 0 bridgehead atoms. The molecule has 0 heterocycles. The minimum atomic E-state index is -0.728. The van der Waals surface area contributed by atoms with Crippen LogP contribution in [0, 0.1) is 0 Å². The quantitative estimate of drug-likeness (QED) is 0.570. The number of nitrogens with two attached hydrogens (primary N) is 1. The molecule has 0 radical (unpaired) electrons. The molecule has 0 spiro atoms. The van der Waals surface area contributed by atoms with Crippen LogP contribution in [-0.2, 0) is 7.80 Å². The van der Waals surface area contributed by atoms with Gasteiger partial charge in [-0.3, -0.25) is 9.98 Å². The van der Waals surface area contributed by atoms with Gasteiger partial charge in [-0.25, -0.2) is 0 Å². The van der Waals surface area contributed by atoms with Gasteiger partial charge in [0.1, 0.15) is 23.0 Å². The predicted octanol–water partition coefficient (Wildman–Crippen LogP) is 1.55. The lowest BCUT2D eigenvalue weighted by Gasteiger charge is -2.30. The normalized spacial score (nSPS) is 17.9. The molecule has 3 unspecified atom stereocenters. The summed E-state index contributed by atoms with van der Waals surface area (Å²) in [6, 6.07) is -0.388. The first-order chi connectivity index (χ1) is 6.87. The highest BCUT2D eigenvalue weighted by atomic mass is 127. The minimum absolute atomic E-state index is 0.179. The van der Waals surface area contributed by atoms with Crippen molar-refractivity contribution in [1.82, 2.24) is 0 Å². The fraction of sp³-hybridized carbons (Fsp3) is 0.778. The van der Waals surface area contributed by atoms with E-state index in [0.29, 0.717) is 0 Å². The van der Waals surface area contributed by atoms with E-state index >= 15 is 0 Å². The molecule has 0 aromatic carbocycles. The van der Waals surface area contributed by atoms with Crippen molar-refractivity contribution in [2.75, 3.05) is 0 Å². The molecule has 0 rings (SSSR count). The summed E-state index contributed by atoms with van der Waals surface area (Å²) in [5.74, 6) is 0. The fourth-order valence-electron chi connectivity index (χ4n) is 0.862. The summed E-state index contributed by atoms with van der Waals surface area (Å²) in [6.45, 7) is 12.3. The van der Waals surface area contributed by atoms with Gasteiger partial charge < -0.3 is 13.5 Å². The highest BCUT2D eigenvalue weighted by Gasteiger charge is 2.29. The summed E-state index contributed by atoms with van der Waals surface area (Å²) in [7, 11) is 0. The lowest BCUT2D eigenvalue weighted by molar-refractivity contribution is -0.0798. The van der Waals surface area contributed by atoms with E-state index in [0.717, 1.165) is 0 Å². The van der Waals surface area contributed by atoms with Crippen LogP contribution in [0.15, 0.2) is 9.98 Å². The first-order valence-corrected chi connectivity index (χ1v) is 5.40. The van der Waals surface area contributed by atoms with Crippen molar-refractivity contribution in [3.63, 3.8) is 0 Å². The second-order valence-electron chi connectivity index (χ2n) is 3.67. The van der Waals surface area contributed by atoms with E-state index in [2.05, 4.69) is 23.4 Å². The van der Waals surface area contributed by atoms with Crippen molar-refractivity contribution in [2.24, 2.45) is 15.7 Å². The topological polar surface area (TPSA) is 69.2 Å². The first kappa shape index (κ1) is 14.9. The van der Waals surface area contributed by atoms with Gasteiger partial charge in [-0.2, -0.15) is 0 Å². The van der Waals surface area contributed by atoms with Crippen LogP contribution in [0.4, 0.5) is 0 Å². The number of rotatable bonds is 7. The van der Waals surface area contributed by atoms with E-state index in [9.17, 15) is 0 Å². The van der Waals surface area contributed by atoms with Crippen LogP contribution in [-0.4, -0.2) is 37.5 Å². The van der Waals surface area contributed by atoms with E-state index in [1.165, 1.54) is 0 Å². The molecule has 6 heteroatoms. The highest BCUT2D eigenvalue weighted by Crippen LogP contribution is 2.17. The third kappa shape index (κ3) is 5.01. The van der Waals surface area contributed by atoms with Crippen molar-refractivity contribution in [3.8, 4) is 0 Å². The van der Waals surface area contributed by atoms with Gasteiger partial charge in [0.15, 0.2) is 12.0 Å². The van der Waals surface area contributed by atoms with Crippen LogP contribution >= 0.6 is 23.0 Å². The molecule has 0 saturated heterocycles.